The van der Waals surface area contributed by atoms with Gasteiger partial charge in [-0.1, -0.05) is 36.4 Å². The van der Waals surface area contributed by atoms with E-state index in [1.54, 1.807) is 12.1 Å². The van der Waals surface area contributed by atoms with E-state index < -0.39 is 17.8 Å². The molecule has 0 unspecified atom stereocenters. The van der Waals surface area contributed by atoms with E-state index in [2.05, 4.69) is 20.6 Å². The monoisotopic (exact) mass is 411 g/mol. The molecule has 9 nitrogen and oxygen atoms in total. The predicted octanol–water partition coefficient (Wildman–Crippen LogP) is 3.03. The van der Waals surface area contributed by atoms with E-state index in [9.17, 15) is 19.5 Å². The number of amides is 2. The summed E-state index contributed by atoms with van der Waals surface area (Å²) in [6.45, 7) is 0. The number of tetrazole rings is 1. The third kappa shape index (κ3) is 2.96. The molecule has 1 aliphatic rings. The number of carboxylic acids is 1. The zero-order valence-electron chi connectivity index (χ0n) is 15.8. The summed E-state index contributed by atoms with van der Waals surface area (Å²) in [5.74, 6) is -2.05. The standard InChI is InChI=1S/C22H13N5O4/c28-20-15-8-7-14(22(30)31)10-17(15)21(29)27(20)18-11-13(12-4-2-1-3-5-12)6-9-16(18)19-23-25-26-24-19/h1-11H,(H,30,31)(H,23,24,25,26). The zero-order chi connectivity index (χ0) is 21.5. The quantitative estimate of drug-likeness (QED) is 0.494. The number of H-pyrrole nitrogens is 1. The van der Waals surface area contributed by atoms with Crippen molar-refractivity contribution in [2.45, 2.75) is 0 Å². The molecule has 0 fully saturated rings. The van der Waals surface area contributed by atoms with Crippen molar-refractivity contribution in [3.8, 4) is 22.5 Å². The fourth-order valence-electron chi connectivity index (χ4n) is 3.59. The minimum absolute atomic E-state index is 0.0386. The summed E-state index contributed by atoms with van der Waals surface area (Å²) in [4.78, 5) is 38.7. The Balaban J connectivity index is 1.69. The minimum atomic E-state index is -1.18. The average molecular weight is 411 g/mol. The Bertz CT molecular complexity index is 1350. The van der Waals surface area contributed by atoms with Crippen LogP contribution in [-0.4, -0.2) is 43.5 Å². The molecule has 2 N–H and O–H groups in total. The Morgan fingerprint density at radius 2 is 1.58 bits per heavy atom. The number of aromatic amines is 1. The van der Waals surface area contributed by atoms with Crippen LogP contribution < -0.4 is 4.90 Å². The smallest absolute Gasteiger partial charge is 0.335 e. The number of fused-ring (bicyclic) bond motifs is 1. The number of aromatic nitrogens is 4. The molecule has 0 atom stereocenters. The largest absolute Gasteiger partial charge is 0.478 e. The minimum Gasteiger partial charge on any atom is -0.478 e. The third-order valence-electron chi connectivity index (χ3n) is 5.08. The van der Waals surface area contributed by atoms with Crippen molar-refractivity contribution in [2.24, 2.45) is 0 Å². The maximum absolute atomic E-state index is 13.2. The fraction of sp³-hybridized carbons (Fsp3) is 0. The van der Waals surface area contributed by atoms with Gasteiger partial charge in [-0.25, -0.2) is 14.8 Å². The second-order valence-corrected chi connectivity index (χ2v) is 6.86. The third-order valence-corrected chi connectivity index (χ3v) is 5.08. The van der Waals surface area contributed by atoms with E-state index in [4.69, 9.17) is 0 Å². The Kier molecular flexibility index (Phi) is 4.14. The van der Waals surface area contributed by atoms with Crippen LogP contribution in [0.25, 0.3) is 22.5 Å². The lowest BCUT2D eigenvalue weighted by Crippen LogP contribution is -2.30. The zero-order valence-corrected chi connectivity index (χ0v) is 15.8. The molecule has 0 saturated carbocycles. The lowest BCUT2D eigenvalue weighted by atomic mass is 10.0. The summed E-state index contributed by atoms with van der Waals surface area (Å²) >= 11 is 0. The van der Waals surface area contributed by atoms with Crippen LogP contribution in [0.5, 0.6) is 0 Å². The first kappa shape index (κ1) is 18.4. The van der Waals surface area contributed by atoms with Crippen molar-refractivity contribution in [2.75, 3.05) is 4.90 Å². The van der Waals surface area contributed by atoms with Gasteiger partial charge in [0.1, 0.15) is 0 Å². The van der Waals surface area contributed by atoms with Crippen molar-refractivity contribution in [1.82, 2.24) is 20.6 Å². The molecule has 150 valence electrons. The van der Waals surface area contributed by atoms with Gasteiger partial charge < -0.3 is 5.11 Å². The summed E-state index contributed by atoms with van der Waals surface area (Å²) in [6.07, 6.45) is 0. The number of hydrogen-bond donors (Lipinski definition) is 2. The highest BCUT2D eigenvalue weighted by molar-refractivity contribution is 6.35. The number of carboxylic acid groups (broad SMARTS) is 1. The SMILES string of the molecule is O=C(O)c1ccc2c(c1)C(=O)N(c1cc(-c3ccccc3)ccc1-c1nnn[nH]1)C2=O. The van der Waals surface area contributed by atoms with Crippen LogP contribution in [0.2, 0.25) is 0 Å². The summed E-state index contributed by atoms with van der Waals surface area (Å²) in [7, 11) is 0. The van der Waals surface area contributed by atoms with Crippen molar-refractivity contribution in [3.63, 3.8) is 0 Å². The van der Waals surface area contributed by atoms with E-state index in [1.165, 1.54) is 18.2 Å². The number of aromatic carboxylic acids is 1. The maximum atomic E-state index is 13.2. The normalized spacial score (nSPS) is 12.8. The molecule has 3 aromatic carbocycles. The van der Waals surface area contributed by atoms with Gasteiger partial charge in [-0.2, -0.15) is 0 Å². The second-order valence-electron chi connectivity index (χ2n) is 6.86. The van der Waals surface area contributed by atoms with Crippen LogP contribution in [0.4, 0.5) is 5.69 Å². The number of benzene rings is 3. The van der Waals surface area contributed by atoms with Crippen LogP contribution in [0, 0.1) is 0 Å². The lowest BCUT2D eigenvalue weighted by molar-refractivity contribution is 0.0696. The van der Waals surface area contributed by atoms with E-state index >= 15 is 0 Å². The van der Waals surface area contributed by atoms with Gasteiger partial charge in [0.05, 0.1) is 22.4 Å². The molecule has 2 amide bonds. The Morgan fingerprint density at radius 3 is 2.29 bits per heavy atom. The highest BCUT2D eigenvalue weighted by Gasteiger charge is 2.38. The van der Waals surface area contributed by atoms with Gasteiger partial charge in [0.2, 0.25) is 0 Å². The molecular weight excluding hydrogens is 398 g/mol. The van der Waals surface area contributed by atoms with Gasteiger partial charge in [-0.3, -0.25) is 9.59 Å². The van der Waals surface area contributed by atoms with Crippen LogP contribution >= 0.6 is 0 Å². The number of rotatable bonds is 4. The highest BCUT2D eigenvalue weighted by Crippen LogP contribution is 2.37. The van der Waals surface area contributed by atoms with Gasteiger partial charge in [0.15, 0.2) is 5.82 Å². The van der Waals surface area contributed by atoms with Crippen LogP contribution in [0.1, 0.15) is 31.1 Å². The van der Waals surface area contributed by atoms with Crippen molar-refractivity contribution in [3.05, 3.63) is 83.4 Å². The molecular formula is C22H13N5O4. The van der Waals surface area contributed by atoms with Crippen LogP contribution in [-0.2, 0) is 0 Å². The van der Waals surface area contributed by atoms with Gasteiger partial charge in [0, 0.05) is 5.56 Å². The topological polar surface area (TPSA) is 129 Å². The number of imide groups is 1. The number of hydrogen-bond acceptors (Lipinski definition) is 6. The molecule has 9 heteroatoms. The molecule has 0 radical (unpaired) electrons. The highest BCUT2D eigenvalue weighted by atomic mass is 16.4. The van der Waals surface area contributed by atoms with Crippen molar-refractivity contribution < 1.29 is 19.5 Å². The molecule has 0 spiro atoms. The fourth-order valence-corrected chi connectivity index (χ4v) is 3.59. The van der Waals surface area contributed by atoms with Gasteiger partial charge in [-0.05, 0) is 51.9 Å². The van der Waals surface area contributed by atoms with Gasteiger partial charge in [-0.15, -0.1) is 5.10 Å². The molecule has 0 aliphatic carbocycles. The Hall–Kier alpha value is -4.66. The Morgan fingerprint density at radius 1 is 0.839 bits per heavy atom. The number of carbonyl (C=O) groups is 3. The summed E-state index contributed by atoms with van der Waals surface area (Å²) in [6, 6.07) is 18.7. The van der Waals surface area contributed by atoms with Crippen molar-refractivity contribution in [1.29, 1.82) is 0 Å². The van der Waals surface area contributed by atoms with E-state index in [0.717, 1.165) is 16.0 Å². The van der Waals surface area contributed by atoms with Gasteiger partial charge >= 0.3 is 5.97 Å². The summed E-state index contributed by atoms with van der Waals surface area (Å²) < 4.78 is 0. The molecule has 0 bridgehead atoms. The average Bonchev–Trinajstić information content (AvgIpc) is 3.41. The number of anilines is 1. The second kappa shape index (κ2) is 6.99. The predicted molar refractivity (Wildman–Crippen MR) is 110 cm³/mol. The molecule has 4 aromatic rings. The first-order valence-corrected chi connectivity index (χ1v) is 9.24. The van der Waals surface area contributed by atoms with E-state index in [0.29, 0.717) is 11.3 Å². The number of nitrogens with zero attached hydrogens (tertiary/aromatic N) is 4. The molecule has 0 saturated heterocycles. The summed E-state index contributed by atoms with van der Waals surface area (Å²) in [5.41, 5.74) is 2.55. The maximum Gasteiger partial charge on any atom is 0.335 e. The first-order chi connectivity index (χ1) is 15.0. The molecule has 1 aromatic heterocycles. The lowest BCUT2D eigenvalue weighted by Gasteiger charge is -2.18. The van der Waals surface area contributed by atoms with E-state index in [-0.39, 0.29) is 22.5 Å². The van der Waals surface area contributed by atoms with Crippen molar-refractivity contribution >= 4 is 23.5 Å². The first-order valence-electron chi connectivity index (χ1n) is 9.24. The number of nitrogens with one attached hydrogen (secondary N) is 1. The molecule has 2 heterocycles. The van der Waals surface area contributed by atoms with Crippen LogP contribution in [0.15, 0.2) is 66.7 Å². The molecule has 1 aliphatic heterocycles. The van der Waals surface area contributed by atoms with Crippen LogP contribution in [0.3, 0.4) is 0 Å². The van der Waals surface area contributed by atoms with Gasteiger partial charge in [0.25, 0.3) is 11.8 Å². The molecule has 31 heavy (non-hydrogen) atoms. The summed E-state index contributed by atoms with van der Waals surface area (Å²) in [5, 5.41) is 23.0. The number of carbonyl (C=O) groups excluding carboxylic acids is 2. The molecule has 5 rings (SSSR count). The Labute approximate surface area is 175 Å². The van der Waals surface area contributed by atoms with E-state index in [1.807, 2.05) is 36.4 Å².